The van der Waals surface area contributed by atoms with Crippen LogP contribution in [0, 0.1) is 18.3 Å². The molecule has 1 amide bonds. The van der Waals surface area contributed by atoms with Crippen molar-refractivity contribution in [2.75, 3.05) is 25.2 Å². The molecule has 43 heavy (non-hydrogen) atoms. The molecule has 2 atom stereocenters. The second-order valence-corrected chi connectivity index (χ2v) is 13.9. The fourth-order valence-electron chi connectivity index (χ4n) is 5.49. The van der Waals surface area contributed by atoms with Gasteiger partial charge >= 0.3 is 24.8 Å². The summed E-state index contributed by atoms with van der Waals surface area (Å²) in [5, 5.41) is 12.4. The van der Waals surface area contributed by atoms with Crippen LogP contribution >= 0.6 is 11.8 Å². The first-order chi connectivity index (χ1) is 20.1. The average molecular weight is 606 g/mol. The Bertz CT molecular complexity index is 1150. The van der Waals surface area contributed by atoms with Gasteiger partial charge in [-0.05, 0) is 83.9 Å². The Balaban J connectivity index is 0.00000645. The van der Waals surface area contributed by atoms with Crippen LogP contribution in [0.1, 0.15) is 93.6 Å². The van der Waals surface area contributed by atoms with Crippen LogP contribution in [0.3, 0.4) is 0 Å². The second kappa shape index (κ2) is 18.9. The Labute approximate surface area is 275 Å². The Hall–Kier alpha value is -1.75. The third-order valence-corrected chi connectivity index (χ3v) is 8.73. The minimum atomic E-state index is -1.02. The standard InChI is InChI=1S/C35H51NO5S.Li.H/c1-25-11-9-10-14-29(25)31-22-27(15-16-30(31)33(37)36-32(34(38)39)17-20-42-5)23-41-28(21-26-12-7-6-8-13-26)24-40-19-18-35(2,3)4;;/h9-11,14-16,22,26,28,32H,6-8,12-13,17-21,23-24H2,1-5H3,(H,36,37)(H,38,39);;. The summed E-state index contributed by atoms with van der Waals surface area (Å²) in [5.74, 6) is -0.0674. The number of carbonyl (C=O) groups excluding carboxylic acids is 1. The first-order valence-corrected chi connectivity index (χ1v) is 16.9. The summed E-state index contributed by atoms with van der Waals surface area (Å²) in [6.07, 6.45) is 10.8. The van der Waals surface area contributed by atoms with Gasteiger partial charge in [0.05, 0.1) is 19.3 Å². The quantitative estimate of drug-likeness (QED) is 0.155. The molecule has 1 aliphatic carbocycles. The first kappa shape index (κ1) is 37.4. The number of hydrogen-bond donors (Lipinski definition) is 2. The summed E-state index contributed by atoms with van der Waals surface area (Å²) < 4.78 is 12.6. The van der Waals surface area contributed by atoms with Crippen LogP contribution in [0.15, 0.2) is 42.5 Å². The Morgan fingerprint density at radius 3 is 2.44 bits per heavy atom. The Morgan fingerprint density at radius 1 is 1.07 bits per heavy atom. The molecular formula is C35H52LiNO5S. The van der Waals surface area contributed by atoms with E-state index < -0.39 is 12.0 Å². The van der Waals surface area contributed by atoms with Gasteiger partial charge in [0, 0.05) is 12.2 Å². The van der Waals surface area contributed by atoms with Gasteiger partial charge in [0.25, 0.3) is 5.91 Å². The van der Waals surface area contributed by atoms with Crippen molar-refractivity contribution in [3.8, 4) is 11.1 Å². The zero-order valence-electron chi connectivity index (χ0n) is 26.2. The topological polar surface area (TPSA) is 84.9 Å². The summed E-state index contributed by atoms with van der Waals surface area (Å²) >= 11 is 1.56. The zero-order chi connectivity index (χ0) is 30.5. The Morgan fingerprint density at radius 2 is 1.79 bits per heavy atom. The average Bonchev–Trinajstić information content (AvgIpc) is 2.96. The molecule has 3 rings (SSSR count). The van der Waals surface area contributed by atoms with E-state index in [1.165, 1.54) is 32.1 Å². The summed E-state index contributed by atoms with van der Waals surface area (Å²) in [4.78, 5) is 25.2. The van der Waals surface area contributed by atoms with Gasteiger partial charge in [-0.1, -0.05) is 83.2 Å². The van der Waals surface area contributed by atoms with Crippen molar-refractivity contribution in [2.24, 2.45) is 11.3 Å². The Kier molecular flexibility index (Phi) is 16.5. The van der Waals surface area contributed by atoms with Crippen molar-refractivity contribution in [1.29, 1.82) is 0 Å². The molecule has 0 saturated heterocycles. The van der Waals surface area contributed by atoms with E-state index in [-0.39, 0.29) is 36.3 Å². The number of nitrogens with one attached hydrogen (secondary N) is 1. The normalized spacial score (nSPS) is 15.4. The molecule has 2 aromatic carbocycles. The number of amides is 1. The van der Waals surface area contributed by atoms with E-state index in [9.17, 15) is 14.7 Å². The number of hydrogen-bond acceptors (Lipinski definition) is 5. The van der Waals surface area contributed by atoms with Gasteiger partial charge in [-0.2, -0.15) is 11.8 Å². The maximum atomic E-state index is 13.4. The number of thioether (sulfide) groups is 1. The summed E-state index contributed by atoms with van der Waals surface area (Å²) in [6.45, 7) is 10.4. The number of carboxylic acids is 1. The van der Waals surface area contributed by atoms with Gasteiger partial charge in [-0.3, -0.25) is 4.79 Å². The molecule has 2 unspecified atom stereocenters. The molecule has 234 valence electrons. The van der Waals surface area contributed by atoms with Gasteiger partial charge in [-0.25, -0.2) is 4.79 Å². The fourth-order valence-corrected chi connectivity index (χ4v) is 5.96. The van der Waals surface area contributed by atoms with Crippen molar-refractivity contribution in [2.45, 2.75) is 97.8 Å². The molecule has 0 bridgehead atoms. The number of aryl methyl sites for hydroxylation is 1. The first-order valence-electron chi connectivity index (χ1n) is 15.5. The third kappa shape index (κ3) is 13.0. The minimum absolute atomic E-state index is 0. The number of aliphatic carboxylic acids is 1. The molecule has 0 aliphatic heterocycles. The molecule has 2 aromatic rings. The third-order valence-electron chi connectivity index (χ3n) is 8.08. The van der Waals surface area contributed by atoms with Crippen LogP contribution in [0.25, 0.3) is 11.1 Å². The van der Waals surface area contributed by atoms with Crippen LogP contribution in [0.2, 0.25) is 0 Å². The van der Waals surface area contributed by atoms with E-state index in [0.717, 1.165) is 41.7 Å². The van der Waals surface area contributed by atoms with E-state index in [0.29, 0.717) is 36.9 Å². The van der Waals surface area contributed by atoms with E-state index in [2.05, 4.69) is 26.1 Å². The van der Waals surface area contributed by atoms with Crippen LogP contribution in [-0.4, -0.2) is 73.2 Å². The summed E-state index contributed by atoms with van der Waals surface area (Å²) in [6, 6.07) is 12.8. The van der Waals surface area contributed by atoms with Crippen molar-refractivity contribution in [1.82, 2.24) is 5.32 Å². The summed E-state index contributed by atoms with van der Waals surface area (Å²) in [7, 11) is 0. The molecule has 8 heteroatoms. The monoisotopic (exact) mass is 605 g/mol. The van der Waals surface area contributed by atoms with Gasteiger partial charge < -0.3 is 19.9 Å². The molecule has 0 heterocycles. The van der Waals surface area contributed by atoms with Crippen LogP contribution in [0.4, 0.5) is 0 Å². The van der Waals surface area contributed by atoms with Gasteiger partial charge in [0.1, 0.15) is 6.04 Å². The number of rotatable bonds is 16. The number of carboxylic acid groups (broad SMARTS) is 1. The predicted octanol–water partition coefficient (Wildman–Crippen LogP) is 7.26. The van der Waals surface area contributed by atoms with E-state index >= 15 is 0 Å². The van der Waals surface area contributed by atoms with E-state index in [1.54, 1.807) is 17.8 Å². The zero-order valence-corrected chi connectivity index (χ0v) is 27.1. The maximum absolute atomic E-state index is 13.4. The molecule has 0 spiro atoms. The SMILES string of the molecule is CSCCC(NC(=O)c1ccc(COC(COCCC(C)(C)C)CC2CCCCC2)cc1-c1ccccc1C)C(=O)O.[LiH]. The van der Waals surface area contributed by atoms with Crippen molar-refractivity contribution in [3.63, 3.8) is 0 Å². The molecule has 6 nitrogen and oxygen atoms in total. The molecular weight excluding hydrogens is 553 g/mol. The van der Waals surface area contributed by atoms with Crippen molar-refractivity contribution >= 4 is 42.5 Å². The van der Waals surface area contributed by atoms with Gasteiger partial charge in [0.2, 0.25) is 0 Å². The van der Waals surface area contributed by atoms with E-state index in [1.807, 2.05) is 49.6 Å². The van der Waals surface area contributed by atoms with Crippen LogP contribution in [0.5, 0.6) is 0 Å². The summed E-state index contributed by atoms with van der Waals surface area (Å²) in [5.41, 5.74) is 4.46. The molecule has 0 radical (unpaired) electrons. The van der Waals surface area contributed by atoms with Gasteiger partial charge in [-0.15, -0.1) is 0 Å². The molecule has 2 N–H and O–H groups in total. The number of benzene rings is 2. The molecule has 1 fully saturated rings. The second-order valence-electron chi connectivity index (χ2n) is 12.9. The molecule has 1 saturated carbocycles. The van der Waals surface area contributed by atoms with Crippen molar-refractivity contribution < 1.29 is 24.2 Å². The van der Waals surface area contributed by atoms with Crippen LogP contribution in [-0.2, 0) is 20.9 Å². The number of ether oxygens (including phenoxy) is 2. The van der Waals surface area contributed by atoms with Crippen LogP contribution < -0.4 is 5.32 Å². The molecule has 0 aromatic heterocycles. The van der Waals surface area contributed by atoms with Gasteiger partial charge in [0.15, 0.2) is 0 Å². The van der Waals surface area contributed by atoms with E-state index in [4.69, 9.17) is 9.47 Å². The molecule has 1 aliphatic rings. The van der Waals surface area contributed by atoms with Crippen molar-refractivity contribution in [3.05, 3.63) is 59.2 Å². The number of carbonyl (C=O) groups is 2. The predicted molar refractivity (Wildman–Crippen MR) is 180 cm³/mol. The fraction of sp³-hybridized carbons (Fsp3) is 0.600.